The Morgan fingerprint density at radius 2 is 2.23 bits per heavy atom. The van der Waals surface area contributed by atoms with Crippen LogP contribution in [0.4, 0.5) is 0 Å². The van der Waals surface area contributed by atoms with Crippen LogP contribution >= 0.6 is 23.6 Å². The van der Waals surface area contributed by atoms with Crippen molar-refractivity contribution < 1.29 is 9.53 Å². The lowest BCUT2D eigenvalue weighted by Crippen LogP contribution is -2.33. The summed E-state index contributed by atoms with van der Waals surface area (Å²) in [6, 6.07) is 11.7. The van der Waals surface area contributed by atoms with E-state index in [0.717, 1.165) is 16.2 Å². The molecule has 0 saturated heterocycles. The number of hydrogen-bond donors (Lipinski definition) is 1. The van der Waals surface area contributed by atoms with Gasteiger partial charge in [0, 0.05) is 7.05 Å². The van der Waals surface area contributed by atoms with Crippen molar-refractivity contribution in [3.8, 4) is 16.5 Å². The number of carbonyl (C=O) groups excluding carboxylic acids is 1. The van der Waals surface area contributed by atoms with Gasteiger partial charge in [0.05, 0.1) is 11.4 Å². The number of aryl methyl sites for hydroxylation is 1. The molecule has 26 heavy (non-hydrogen) atoms. The van der Waals surface area contributed by atoms with E-state index in [1.54, 1.807) is 27.9 Å². The SMILES string of the molecule is Cc1cccc(OCCN(C)C(=O)Cn2c(-c3cccs3)n[nH]c2=S)c1. The van der Waals surface area contributed by atoms with E-state index in [-0.39, 0.29) is 12.5 Å². The summed E-state index contributed by atoms with van der Waals surface area (Å²) in [5, 5.41) is 8.97. The van der Waals surface area contributed by atoms with Gasteiger partial charge < -0.3 is 9.64 Å². The summed E-state index contributed by atoms with van der Waals surface area (Å²) in [7, 11) is 1.76. The van der Waals surface area contributed by atoms with Gasteiger partial charge in [-0.05, 0) is 48.3 Å². The number of H-pyrrole nitrogens is 1. The maximum atomic E-state index is 12.5. The summed E-state index contributed by atoms with van der Waals surface area (Å²) in [5.41, 5.74) is 1.14. The molecule has 0 fully saturated rings. The third-order valence-electron chi connectivity index (χ3n) is 3.90. The Kier molecular flexibility index (Phi) is 5.85. The Hall–Kier alpha value is -2.45. The molecule has 2 aromatic heterocycles. The Morgan fingerprint density at radius 1 is 1.38 bits per heavy atom. The summed E-state index contributed by atoms with van der Waals surface area (Å²) in [6.07, 6.45) is 0. The number of nitrogens with one attached hydrogen (secondary N) is 1. The molecular formula is C18H20N4O2S2. The molecule has 136 valence electrons. The highest BCUT2D eigenvalue weighted by Crippen LogP contribution is 2.22. The Bertz CT molecular complexity index is 931. The minimum Gasteiger partial charge on any atom is -0.492 e. The number of benzene rings is 1. The fraction of sp³-hybridized carbons (Fsp3) is 0.278. The fourth-order valence-corrected chi connectivity index (χ4v) is 3.36. The highest BCUT2D eigenvalue weighted by Gasteiger charge is 2.15. The third kappa shape index (κ3) is 4.39. The molecule has 0 aliphatic rings. The van der Waals surface area contributed by atoms with Crippen molar-refractivity contribution in [3.63, 3.8) is 0 Å². The van der Waals surface area contributed by atoms with Gasteiger partial charge in [0.1, 0.15) is 18.9 Å². The van der Waals surface area contributed by atoms with Gasteiger partial charge in [-0.3, -0.25) is 14.5 Å². The minimum atomic E-state index is -0.0480. The van der Waals surface area contributed by atoms with Gasteiger partial charge in [0.25, 0.3) is 0 Å². The van der Waals surface area contributed by atoms with Crippen LogP contribution in [0.25, 0.3) is 10.7 Å². The van der Waals surface area contributed by atoms with Gasteiger partial charge in [0.2, 0.25) is 5.91 Å². The molecule has 1 N–H and O–H groups in total. The molecule has 0 unspecified atom stereocenters. The number of aromatic nitrogens is 3. The average molecular weight is 389 g/mol. The Balaban J connectivity index is 1.58. The predicted octanol–water partition coefficient (Wildman–Crippen LogP) is 3.52. The van der Waals surface area contributed by atoms with E-state index in [2.05, 4.69) is 10.2 Å². The summed E-state index contributed by atoms with van der Waals surface area (Å²) >= 11 is 6.83. The quantitative estimate of drug-likeness (QED) is 0.629. The van der Waals surface area contributed by atoms with E-state index >= 15 is 0 Å². The number of amides is 1. The third-order valence-corrected chi connectivity index (χ3v) is 5.08. The lowest BCUT2D eigenvalue weighted by atomic mass is 10.2. The molecular weight excluding hydrogens is 368 g/mol. The molecule has 0 aliphatic heterocycles. The first-order valence-corrected chi connectivity index (χ1v) is 9.46. The zero-order valence-corrected chi connectivity index (χ0v) is 16.3. The average Bonchev–Trinajstić information content (AvgIpc) is 3.25. The molecule has 0 spiro atoms. The summed E-state index contributed by atoms with van der Waals surface area (Å²) in [4.78, 5) is 15.2. The highest BCUT2D eigenvalue weighted by atomic mass is 32.1. The van der Waals surface area contributed by atoms with Crippen LogP contribution in [0.1, 0.15) is 5.56 Å². The van der Waals surface area contributed by atoms with Gasteiger partial charge in [-0.1, -0.05) is 18.2 Å². The number of carbonyl (C=O) groups is 1. The van der Waals surface area contributed by atoms with Crippen molar-refractivity contribution >= 4 is 29.5 Å². The highest BCUT2D eigenvalue weighted by molar-refractivity contribution is 7.71. The smallest absolute Gasteiger partial charge is 0.242 e. The van der Waals surface area contributed by atoms with Gasteiger partial charge in [-0.15, -0.1) is 11.3 Å². The summed E-state index contributed by atoms with van der Waals surface area (Å²) < 4.78 is 7.87. The van der Waals surface area contributed by atoms with E-state index in [1.807, 2.05) is 48.7 Å². The molecule has 3 rings (SSSR count). The summed E-state index contributed by atoms with van der Waals surface area (Å²) in [6.45, 7) is 3.08. The zero-order chi connectivity index (χ0) is 18.5. The molecule has 0 saturated carbocycles. The first kappa shape index (κ1) is 18.3. The van der Waals surface area contributed by atoms with Gasteiger partial charge >= 0.3 is 0 Å². The van der Waals surface area contributed by atoms with Gasteiger partial charge in [0.15, 0.2) is 10.6 Å². The van der Waals surface area contributed by atoms with Crippen molar-refractivity contribution in [2.75, 3.05) is 20.2 Å². The van der Waals surface area contributed by atoms with Crippen molar-refractivity contribution in [1.82, 2.24) is 19.7 Å². The number of nitrogens with zero attached hydrogens (tertiary/aromatic N) is 3. The maximum Gasteiger partial charge on any atom is 0.242 e. The van der Waals surface area contributed by atoms with Crippen LogP contribution in [0.15, 0.2) is 41.8 Å². The standard InChI is InChI=1S/C18H20N4O2S2/c1-13-5-3-6-14(11-13)24-9-8-21(2)16(23)12-22-17(19-20-18(22)25)15-7-4-10-26-15/h3-7,10-11H,8-9,12H2,1-2H3,(H,20,25). The molecule has 2 heterocycles. The minimum absolute atomic E-state index is 0.0480. The number of rotatable bonds is 7. The van der Waals surface area contributed by atoms with Crippen molar-refractivity contribution in [2.45, 2.75) is 13.5 Å². The molecule has 6 nitrogen and oxygen atoms in total. The molecule has 0 bridgehead atoms. The van der Waals surface area contributed by atoms with Crippen LogP contribution in [0.3, 0.4) is 0 Å². The lowest BCUT2D eigenvalue weighted by Gasteiger charge is -2.18. The number of ether oxygens (including phenoxy) is 1. The molecule has 1 aromatic carbocycles. The molecule has 0 radical (unpaired) electrons. The largest absolute Gasteiger partial charge is 0.492 e. The van der Waals surface area contributed by atoms with Crippen LogP contribution in [-0.2, 0) is 11.3 Å². The predicted molar refractivity (Wildman–Crippen MR) is 105 cm³/mol. The first-order chi connectivity index (χ1) is 12.5. The number of likely N-dealkylation sites (N-methyl/N-ethyl adjacent to an activating group) is 1. The monoisotopic (exact) mass is 388 g/mol. The van der Waals surface area contributed by atoms with E-state index in [1.165, 1.54) is 0 Å². The van der Waals surface area contributed by atoms with E-state index in [9.17, 15) is 4.79 Å². The molecule has 3 aromatic rings. The normalized spacial score (nSPS) is 10.7. The van der Waals surface area contributed by atoms with Crippen molar-refractivity contribution in [3.05, 3.63) is 52.1 Å². The Labute approximate surface area is 161 Å². The number of thiophene rings is 1. The molecule has 8 heteroatoms. The number of hydrogen-bond acceptors (Lipinski definition) is 5. The second-order valence-electron chi connectivity index (χ2n) is 5.90. The van der Waals surface area contributed by atoms with E-state index < -0.39 is 0 Å². The van der Waals surface area contributed by atoms with Crippen LogP contribution in [0.2, 0.25) is 0 Å². The zero-order valence-electron chi connectivity index (χ0n) is 14.6. The first-order valence-electron chi connectivity index (χ1n) is 8.17. The van der Waals surface area contributed by atoms with Crippen LogP contribution < -0.4 is 4.74 Å². The molecule has 0 aliphatic carbocycles. The summed E-state index contributed by atoms with van der Waals surface area (Å²) in [5.74, 6) is 1.44. The molecule has 0 atom stereocenters. The fourth-order valence-electron chi connectivity index (χ4n) is 2.44. The van der Waals surface area contributed by atoms with Gasteiger partial charge in [-0.2, -0.15) is 5.10 Å². The topological polar surface area (TPSA) is 63.1 Å². The van der Waals surface area contributed by atoms with E-state index in [0.29, 0.717) is 23.7 Å². The van der Waals surface area contributed by atoms with Crippen LogP contribution in [-0.4, -0.2) is 45.8 Å². The van der Waals surface area contributed by atoms with E-state index in [4.69, 9.17) is 17.0 Å². The lowest BCUT2D eigenvalue weighted by molar-refractivity contribution is -0.130. The second kappa shape index (κ2) is 8.29. The molecule has 1 amide bonds. The maximum absolute atomic E-state index is 12.5. The second-order valence-corrected chi connectivity index (χ2v) is 7.23. The van der Waals surface area contributed by atoms with Gasteiger partial charge in [-0.25, -0.2) is 0 Å². The van der Waals surface area contributed by atoms with Crippen LogP contribution in [0.5, 0.6) is 5.75 Å². The Morgan fingerprint density at radius 3 is 2.96 bits per heavy atom. The van der Waals surface area contributed by atoms with Crippen molar-refractivity contribution in [1.29, 1.82) is 0 Å². The van der Waals surface area contributed by atoms with Crippen molar-refractivity contribution in [2.24, 2.45) is 0 Å². The van der Waals surface area contributed by atoms with Crippen LogP contribution in [0, 0.1) is 11.7 Å². The number of aromatic amines is 1.